The minimum Gasteiger partial charge on any atom is -0.381 e. The second kappa shape index (κ2) is 5.87. The lowest BCUT2D eigenvalue weighted by Gasteiger charge is -2.39. The molecule has 1 fully saturated rings. The summed E-state index contributed by atoms with van der Waals surface area (Å²) >= 11 is 2.01. The quantitative estimate of drug-likeness (QED) is 0.893. The summed E-state index contributed by atoms with van der Waals surface area (Å²) in [6.07, 6.45) is 1.24. The summed E-state index contributed by atoms with van der Waals surface area (Å²) in [6, 6.07) is 8.19. The second-order valence-corrected chi connectivity index (χ2v) is 6.82. The zero-order chi connectivity index (χ0) is 13.9. The molecule has 1 amide bonds. The number of rotatable bonds is 3. The molecule has 0 aliphatic carbocycles. The monoisotopic (exact) mass is 278 g/mol. The molecule has 2 rings (SSSR count). The van der Waals surface area contributed by atoms with Crippen molar-refractivity contribution in [3.63, 3.8) is 0 Å². The Morgan fingerprint density at radius 3 is 2.58 bits per heavy atom. The van der Waals surface area contributed by atoms with Crippen LogP contribution in [0.25, 0.3) is 0 Å². The van der Waals surface area contributed by atoms with Gasteiger partial charge < -0.3 is 10.6 Å². The van der Waals surface area contributed by atoms with Gasteiger partial charge in [0.15, 0.2) is 0 Å². The summed E-state index contributed by atoms with van der Waals surface area (Å²) in [5.41, 5.74) is 2.11. The van der Waals surface area contributed by atoms with Crippen molar-refractivity contribution < 1.29 is 4.79 Å². The number of benzene rings is 1. The van der Waals surface area contributed by atoms with Crippen LogP contribution in [0, 0.1) is 5.41 Å². The zero-order valence-electron chi connectivity index (χ0n) is 11.8. The van der Waals surface area contributed by atoms with Crippen LogP contribution < -0.4 is 10.6 Å². The van der Waals surface area contributed by atoms with Gasteiger partial charge in [-0.05, 0) is 41.9 Å². The molecule has 1 unspecified atom stereocenters. The molecule has 1 aliphatic rings. The molecule has 1 aromatic rings. The molecule has 0 aromatic heterocycles. The van der Waals surface area contributed by atoms with Crippen molar-refractivity contribution in [2.75, 3.05) is 23.9 Å². The Morgan fingerprint density at radius 1 is 1.32 bits per heavy atom. The van der Waals surface area contributed by atoms with E-state index in [9.17, 15) is 4.79 Å². The predicted molar refractivity (Wildman–Crippen MR) is 83.0 cm³/mol. The Hall–Kier alpha value is -1.16. The van der Waals surface area contributed by atoms with Gasteiger partial charge in [0.25, 0.3) is 5.91 Å². The Balaban J connectivity index is 2.05. The number of anilines is 1. The summed E-state index contributed by atoms with van der Waals surface area (Å²) in [6.45, 7) is 4.65. The summed E-state index contributed by atoms with van der Waals surface area (Å²) in [4.78, 5) is 11.5. The lowest BCUT2D eigenvalue weighted by Crippen LogP contribution is -2.41. The molecule has 0 saturated carbocycles. The summed E-state index contributed by atoms with van der Waals surface area (Å²) in [5.74, 6) is 2.35. The standard InChI is InChI=1S/C15H22N2OS/c1-15(2)8-9-19-10-13(15)17-12-6-4-11(5-7-12)14(18)16-3/h4-7,13,17H,8-10H2,1-3H3,(H,16,18). The highest BCUT2D eigenvalue weighted by molar-refractivity contribution is 7.99. The van der Waals surface area contributed by atoms with Crippen LogP contribution in [0.2, 0.25) is 0 Å². The fourth-order valence-electron chi connectivity index (χ4n) is 2.24. The Morgan fingerprint density at radius 2 is 2.00 bits per heavy atom. The normalized spacial score (nSPS) is 21.7. The van der Waals surface area contributed by atoms with Crippen molar-refractivity contribution in [1.82, 2.24) is 5.32 Å². The van der Waals surface area contributed by atoms with Crippen LogP contribution in [0.15, 0.2) is 24.3 Å². The van der Waals surface area contributed by atoms with Crippen LogP contribution in [0.3, 0.4) is 0 Å². The minimum absolute atomic E-state index is 0.0416. The maximum Gasteiger partial charge on any atom is 0.251 e. The van der Waals surface area contributed by atoms with E-state index in [1.807, 2.05) is 36.0 Å². The van der Waals surface area contributed by atoms with E-state index in [1.54, 1.807) is 7.05 Å². The molecule has 104 valence electrons. The first-order valence-electron chi connectivity index (χ1n) is 6.69. The SMILES string of the molecule is CNC(=O)c1ccc(NC2CSCCC2(C)C)cc1. The summed E-state index contributed by atoms with van der Waals surface area (Å²) in [7, 11) is 1.65. The first-order chi connectivity index (χ1) is 9.03. The first-order valence-corrected chi connectivity index (χ1v) is 7.85. The van der Waals surface area contributed by atoms with Crippen LogP contribution in [0.4, 0.5) is 5.69 Å². The van der Waals surface area contributed by atoms with Crippen LogP contribution >= 0.6 is 11.8 Å². The van der Waals surface area contributed by atoms with E-state index >= 15 is 0 Å². The predicted octanol–water partition coefficient (Wildman–Crippen LogP) is 2.99. The zero-order valence-corrected chi connectivity index (χ0v) is 12.6. The average molecular weight is 278 g/mol. The molecule has 19 heavy (non-hydrogen) atoms. The van der Waals surface area contributed by atoms with Crippen molar-refractivity contribution >= 4 is 23.4 Å². The summed E-state index contributed by atoms with van der Waals surface area (Å²) < 4.78 is 0. The maximum absolute atomic E-state index is 11.5. The number of carbonyl (C=O) groups excluding carboxylic acids is 1. The molecule has 0 radical (unpaired) electrons. The van der Waals surface area contributed by atoms with Crippen LogP contribution in [0.1, 0.15) is 30.6 Å². The first kappa shape index (κ1) is 14.3. The second-order valence-electron chi connectivity index (χ2n) is 5.67. The Bertz CT molecular complexity index is 442. The fraction of sp³-hybridized carbons (Fsp3) is 0.533. The van der Waals surface area contributed by atoms with E-state index in [0.717, 1.165) is 11.4 Å². The Kier molecular flexibility index (Phi) is 4.40. The number of hydrogen-bond donors (Lipinski definition) is 2. The van der Waals surface area contributed by atoms with E-state index in [2.05, 4.69) is 24.5 Å². The third-order valence-corrected chi connectivity index (χ3v) is 4.90. The van der Waals surface area contributed by atoms with E-state index in [1.165, 1.54) is 12.2 Å². The van der Waals surface area contributed by atoms with Crippen LogP contribution in [-0.2, 0) is 0 Å². The van der Waals surface area contributed by atoms with Gasteiger partial charge in [-0.3, -0.25) is 4.79 Å². The van der Waals surface area contributed by atoms with Gasteiger partial charge in [-0.15, -0.1) is 0 Å². The maximum atomic E-state index is 11.5. The molecular formula is C15H22N2OS. The van der Waals surface area contributed by atoms with Crippen molar-refractivity contribution in [2.24, 2.45) is 5.41 Å². The molecule has 1 saturated heterocycles. The molecule has 1 heterocycles. The van der Waals surface area contributed by atoms with Gasteiger partial charge >= 0.3 is 0 Å². The molecule has 2 N–H and O–H groups in total. The third-order valence-electron chi connectivity index (χ3n) is 3.83. The number of hydrogen-bond acceptors (Lipinski definition) is 3. The van der Waals surface area contributed by atoms with Gasteiger partial charge in [0.1, 0.15) is 0 Å². The number of carbonyl (C=O) groups is 1. The van der Waals surface area contributed by atoms with Gasteiger partial charge in [-0.1, -0.05) is 13.8 Å². The topological polar surface area (TPSA) is 41.1 Å². The minimum atomic E-state index is -0.0416. The fourth-order valence-corrected chi connectivity index (χ4v) is 3.84. The van der Waals surface area contributed by atoms with Crippen molar-refractivity contribution in [1.29, 1.82) is 0 Å². The summed E-state index contributed by atoms with van der Waals surface area (Å²) in [5, 5.41) is 6.24. The smallest absolute Gasteiger partial charge is 0.251 e. The number of thioether (sulfide) groups is 1. The van der Waals surface area contributed by atoms with Crippen LogP contribution in [0.5, 0.6) is 0 Å². The molecular weight excluding hydrogens is 256 g/mol. The molecule has 4 heteroatoms. The highest BCUT2D eigenvalue weighted by atomic mass is 32.2. The molecule has 0 spiro atoms. The van der Waals surface area contributed by atoms with Crippen LogP contribution in [-0.4, -0.2) is 30.5 Å². The van der Waals surface area contributed by atoms with Gasteiger partial charge in [-0.25, -0.2) is 0 Å². The van der Waals surface area contributed by atoms with Gasteiger partial charge in [-0.2, -0.15) is 11.8 Å². The molecule has 1 aromatic carbocycles. The van der Waals surface area contributed by atoms with Gasteiger partial charge in [0.05, 0.1) is 0 Å². The van der Waals surface area contributed by atoms with Crippen molar-refractivity contribution in [3.05, 3.63) is 29.8 Å². The number of amides is 1. The Labute approximate surface area is 119 Å². The van der Waals surface area contributed by atoms with E-state index in [0.29, 0.717) is 17.0 Å². The highest BCUT2D eigenvalue weighted by Crippen LogP contribution is 2.35. The third kappa shape index (κ3) is 3.44. The van der Waals surface area contributed by atoms with Gasteiger partial charge in [0.2, 0.25) is 0 Å². The molecule has 0 bridgehead atoms. The molecule has 1 aliphatic heterocycles. The van der Waals surface area contributed by atoms with Gasteiger partial charge in [0, 0.05) is 30.1 Å². The lowest BCUT2D eigenvalue weighted by atomic mass is 9.82. The van der Waals surface area contributed by atoms with E-state index in [-0.39, 0.29) is 5.91 Å². The average Bonchev–Trinajstić information content (AvgIpc) is 2.41. The van der Waals surface area contributed by atoms with Crippen molar-refractivity contribution in [2.45, 2.75) is 26.3 Å². The molecule has 1 atom stereocenters. The van der Waals surface area contributed by atoms with E-state index < -0.39 is 0 Å². The van der Waals surface area contributed by atoms with Crippen molar-refractivity contribution in [3.8, 4) is 0 Å². The highest BCUT2D eigenvalue weighted by Gasteiger charge is 2.32. The largest absolute Gasteiger partial charge is 0.381 e. The lowest BCUT2D eigenvalue weighted by molar-refractivity contribution is 0.0963. The van der Waals surface area contributed by atoms with E-state index in [4.69, 9.17) is 0 Å². The number of nitrogens with one attached hydrogen (secondary N) is 2. The molecule has 3 nitrogen and oxygen atoms in total.